The fourth-order valence-corrected chi connectivity index (χ4v) is 2.84. The first-order chi connectivity index (χ1) is 15.4. The van der Waals surface area contributed by atoms with Gasteiger partial charge in [0.2, 0.25) is 5.91 Å². The van der Waals surface area contributed by atoms with Crippen molar-refractivity contribution in [1.29, 1.82) is 0 Å². The normalized spacial score (nSPS) is 12.9. The van der Waals surface area contributed by atoms with Crippen LogP contribution in [0.15, 0.2) is 43.0 Å². The third-order valence-corrected chi connectivity index (χ3v) is 4.42. The first-order valence-electron chi connectivity index (χ1n) is 10.9. The molecule has 0 aliphatic carbocycles. The van der Waals surface area contributed by atoms with Gasteiger partial charge in [0.25, 0.3) is 0 Å². The third-order valence-electron chi connectivity index (χ3n) is 4.42. The van der Waals surface area contributed by atoms with Gasteiger partial charge in [0, 0.05) is 0 Å². The van der Waals surface area contributed by atoms with Gasteiger partial charge in [-0.15, -0.1) is 0 Å². The fraction of sp³-hybridized carbons (Fsp3) is 0.520. The van der Waals surface area contributed by atoms with Crippen molar-refractivity contribution in [2.45, 2.75) is 65.7 Å². The van der Waals surface area contributed by atoms with Crippen LogP contribution in [0.1, 0.15) is 53.0 Å². The highest BCUT2D eigenvalue weighted by atomic mass is 16.6. The maximum absolute atomic E-state index is 13.0. The van der Waals surface area contributed by atoms with Crippen LogP contribution < -0.4 is 5.32 Å². The summed E-state index contributed by atoms with van der Waals surface area (Å²) < 4.78 is 15.6. The van der Waals surface area contributed by atoms with Crippen LogP contribution in [0.3, 0.4) is 0 Å². The monoisotopic (exact) mass is 461 g/mol. The largest absolute Gasteiger partial charge is 0.461 e. The van der Waals surface area contributed by atoms with Crippen LogP contribution in [-0.4, -0.2) is 42.1 Å². The van der Waals surface area contributed by atoms with Crippen LogP contribution in [0.25, 0.3) is 0 Å². The number of rotatable bonds is 12. The number of nitrogens with one attached hydrogen (secondary N) is 1. The number of carbonyl (C=O) groups excluding carboxylic acids is 4. The molecule has 1 amide bonds. The van der Waals surface area contributed by atoms with Gasteiger partial charge in [-0.25, -0.2) is 4.79 Å². The average molecular weight is 462 g/mol. The van der Waals surface area contributed by atoms with Crippen LogP contribution in [0.2, 0.25) is 0 Å². The van der Waals surface area contributed by atoms with Crippen molar-refractivity contribution in [2.75, 3.05) is 6.61 Å². The summed E-state index contributed by atoms with van der Waals surface area (Å²) in [5, 5.41) is 2.61. The molecule has 0 aromatic heterocycles. The lowest BCUT2D eigenvalue weighted by molar-refractivity contribution is -0.158. The molecule has 0 aliphatic rings. The molecule has 0 bridgehead atoms. The topological polar surface area (TPSA) is 108 Å². The fourth-order valence-electron chi connectivity index (χ4n) is 2.84. The SMILES string of the molecule is C=CCOC(=O)[C@@H](NC(=O)[C@@H](CC(=O)OCc1ccccc1)CC(=O)OC(C)(C)C)C(C)C. The van der Waals surface area contributed by atoms with E-state index < -0.39 is 41.4 Å². The first kappa shape index (κ1) is 27.9. The van der Waals surface area contributed by atoms with Gasteiger partial charge in [0.1, 0.15) is 24.9 Å². The van der Waals surface area contributed by atoms with Crippen LogP contribution >= 0.6 is 0 Å². The summed E-state index contributed by atoms with van der Waals surface area (Å²) in [6, 6.07) is 8.15. The smallest absolute Gasteiger partial charge is 0.329 e. The molecule has 0 aliphatic heterocycles. The van der Waals surface area contributed by atoms with E-state index in [1.165, 1.54) is 6.08 Å². The summed E-state index contributed by atoms with van der Waals surface area (Å²) in [6.07, 6.45) is 0.742. The Balaban J connectivity index is 2.91. The molecule has 0 saturated carbocycles. The molecule has 1 aromatic carbocycles. The van der Waals surface area contributed by atoms with Crippen LogP contribution in [0.4, 0.5) is 0 Å². The zero-order chi connectivity index (χ0) is 25.0. The Morgan fingerprint density at radius 2 is 1.61 bits per heavy atom. The van der Waals surface area contributed by atoms with Gasteiger partial charge in [-0.3, -0.25) is 14.4 Å². The predicted octanol–water partition coefficient (Wildman–Crippen LogP) is 3.34. The molecule has 2 atom stereocenters. The van der Waals surface area contributed by atoms with Gasteiger partial charge in [-0.1, -0.05) is 56.8 Å². The van der Waals surface area contributed by atoms with E-state index in [4.69, 9.17) is 14.2 Å². The van der Waals surface area contributed by atoms with Crippen molar-refractivity contribution in [3.63, 3.8) is 0 Å². The van der Waals surface area contributed by atoms with Crippen molar-refractivity contribution in [2.24, 2.45) is 11.8 Å². The number of ether oxygens (including phenoxy) is 3. The van der Waals surface area contributed by atoms with Crippen molar-refractivity contribution in [1.82, 2.24) is 5.32 Å². The molecular weight excluding hydrogens is 426 g/mol. The van der Waals surface area contributed by atoms with E-state index in [0.29, 0.717) is 0 Å². The minimum Gasteiger partial charge on any atom is -0.461 e. The number of esters is 3. The highest BCUT2D eigenvalue weighted by molar-refractivity contribution is 5.90. The van der Waals surface area contributed by atoms with Crippen molar-refractivity contribution < 1.29 is 33.4 Å². The van der Waals surface area contributed by atoms with Gasteiger partial charge < -0.3 is 19.5 Å². The Morgan fingerprint density at radius 1 is 1.00 bits per heavy atom. The Hall–Kier alpha value is -3.16. The number of benzene rings is 1. The standard InChI is InChI=1S/C25H35NO7/c1-7-13-31-24(30)22(17(2)3)26-23(29)19(15-21(28)33-25(4,5)6)14-20(27)32-16-18-11-9-8-10-12-18/h7-12,17,19,22H,1,13-16H2,2-6H3,(H,26,29)/t19-,22-/m0/s1. The lowest BCUT2D eigenvalue weighted by Crippen LogP contribution is -2.48. The van der Waals surface area contributed by atoms with E-state index in [-0.39, 0.29) is 32.0 Å². The molecule has 0 fully saturated rings. The second-order valence-electron chi connectivity index (χ2n) is 8.99. The highest BCUT2D eigenvalue weighted by Crippen LogP contribution is 2.17. The molecule has 8 heteroatoms. The molecule has 0 spiro atoms. The summed E-state index contributed by atoms with van der Waals surface area (Å²) in [7, 11) is 0. The van der Waals surface area contributed by atoms with E-state index in [2.05, 4.69) is 11.9 Å². The summed E-state index contributed by atoms with van der Waals surface area (Å²) in [5.74, 6) is -3.88. The summed E-state index contributed by atoms with van der Waals surface area (Å²) >= 11 is 0. The van der Waals surface area contributed by atoms with E-state index >= 15 is 0 Å². The molecule has 182 valence electrons. The minimum atomic E-state index is -1.07. The van der Waals surface area contributed by atoms with Gasteiger partial charge in [0.05, 0.1) is 18.8 Å². The van der Waals surface area contributed by atoms with Crippen molar-refractivity contribution in [3.8, 4) is 0 Å². The zero-order valence-corrected chi connectivity index (χ0v) is 20.1. The molecule has 0 saturated heterocycles. The summed E-state index contributed by atoms with van der Waals surface area (Å²) in [6.45, 7) is 12.2. The molecule has 1 rings (SSSR count). The lowest BCUT2D eigenvalue weighted by atomic mass is 9.97. The van der Waals surface area contributed by atoms with Gasteiger partial charge in [-0.05, 0) is 32.3 Å². The zero-order valence-electron chi connectivity index (χ0n) is 20.1. The number of amides is 1. The van der Waals surface area contributed by atoms with E-state index in [1.807, 2.05) is 18.2 Å². The second kappa shape index (κ2) is 13.4. The first-order valence-corrected chi connectivity index (χ1v) is 10.9. The van der Waals surface area contributed by atoms with Crippen LogP contribution in [0.5, 0.6) is 0 Å². The Kier molecular flexibility index (Phi) is 11.3. The van der Waals surface area contributed by atoms with Crippen LogP contribution in [-0.2, 0) is 40.0 Å². The van der Waals surface area contributed by atoms with Crippen LogP contribution in [0, 0.1) is 11.8 Å². The third kappa shape index (κ3) is 11.3. The predicted molar refractivity (Wildman–Crippen MR) is 123 cm³/mol. The maximum Gasteiger partial charge on any atom is 0.329 e. The average Bonchev–Trinajstić information content (AvgIpc) is 2.72. The molecular formula is C25H35NO7. The Morgan fingerprint density at radius 3 is 2.15 bits per heavy atom. The molecule has 8 nitrogen and oxygen atoms in total. The number of hydrogen-bond donors (Lipinski definition) is 1. The highest BCUT2D eigenvalue weighted by Gasteiger charge is 2.32. The number of carbonyl (C=O) groups is 4. The lowest BCUT2D eigenvalue weighted by Gasteiger charge is -2.25. The quantitative estimate of drug-likeness (QED) is 0.289. The molecule has 0 radical (unpaired) electrons. The summed E-state index contributed by atoms with van der Waals surface area (Å²) in [4.78, 5) is 50.1. The molecule has 1 aromatic rings. The van der Waals surface area contributed by atoms with Gasteiger partial charge >= 0.3 is 17.9 Å². The van der Waals surface area contributed by atoms with Gasteiger partial charge in [0.15, 0.2) is 0 Å². The van der Waals surface area contributed by atoms with Gasteiger partial charge in [-0.2, -0.15) is 0 Å². The number of hydrogen-bond acceptors (Lipinski definition) is 7. The van der Waals surface area contributed by atoms with E-state index in [0.717, 1.165) is 5.56 Å². The summed E-state index contributed by atoms with van der Waals surface area (Å²) in [5.41, 5.74) is 0.0461. The van der Waals surface area contributed by atoms with E-state index in [1.54, 1.807) is 46.8 Å². The molecule has 0 heterocycles. The van der Waals surface area contributed by atoms with Crippen molar-refractivity contribution in [3.05, 3.63) is 48.6 Å². The molecule has 0 unspecified atom stereocenters. The maximum atomic E-state index is 13.0. The van der Waals surface area contributed by atoms with E-state index in [9.17, 15) is 19.2 Å². The van der Waals surface area contributed by atoms with Crippen molar-refractivity contribution >= 4 is 23.8 Å². The minimum absolute atomic E-state index is 0.00503. The second-order valence-corrected chi connectivity index (χ2v) is 8.99. The molecule has 33 heavy (non-hydrogen) atoms. The Labute approximate surface area is 195 Å². The Bertz CT molecular complexity index is 812. The molecule has 1 N–H and O–H groups in total.